The highest BCUT2D eigenvalue weighted by Crippen LogP contribution is 2.21. The Labute approximate surface area is 111 Å². The van der Waals surface area contributed by atoms with Crippen LogP contribution in [0.15, 0.2) is 40.2 Å². The summed E-state index contributed by atoms with van der Waals surface area (Å²) in [6, 6.07) is 9.23. The number of benzene rings is 1. The van der Waals surface area contributed by atoms with Gasteiger partial charge < -0.3 is 0 Å². The number of rotatable bonds is 3. The van der Waals surface area contributed by atoms with Crippen LogP contribution in [0.1, 0.15) is 15.2 Å². The summed E-state index contributed by atoms with van der Waals surface area (Å²) in [5, 5.41) is 2.57. The van der Waals surface area contributed by atoms with Crippen LogP contribution >= 0.6 is 38.9 Å². The Kier molecular flexibility index (Phi) is 3.79. The van der Waals surface area contributed by atoms with E-state index >= 15 is 0 Å². The molecule has 0 aliphatic carbocycles. The molecule has 1 heterocycles. The highest BCUT2D eigenvalue weighted by molar-refractivity contribution is 9.10. The van der Waals surface area contributed by atoms with E-state index < -0.39 is 0 Å². The second kappa shape index (κ2) is 5.13. The standard InChI is InChI=1S/C12H8BrClOS/c13-9-6-12(16-7-9)11(15)5-8-2-1-3-10(14)4-8/h1-4,6-7H,5H2. The highest BCUT2D eigenvalue weighted by Gasteiger charge is 2.09. The fraction of sp³-hybridized carbons (Fsp3) is 0.0833. The third kappa shape index (κ3) is 2.94. The van der Waals surface area contributed by atoms with Gasteiger partial charge in [-0.1, -0.05) is 23.7 Å². The normalized spacial score (nSPS) is 10.4. The van der Waals surface area contributed by atoms with E-state index in [2.05, 4.69) is 15.9 Å². The first-order valence-electron chi connectivity index (χ1n) is 4.67. The maximum atomic E-state index is 11.9. The molecule has 0 amide bonds. The molecule has 2 rings (SSSR count). The third-order valence-electron chi connectivity index (χ3n) is 2.10. The van der Waals surface area contributed by atoms with Crippen molar-refractivity contribution in [3.8, 4) is 0 Å². The number of hydrogen-bond donors (Lipinski definition) is 0. The van der Waals surface area contributed by atoms with Gasteiger partial charge in [0.2, 0.25) is 0 Å². The van der Waals surface area contributed by atoms with Gasteiger partial charge in [0.25, 0.3) is 0 Å². The SMILES string of the molecule is O=C(Cc1cccc(Cl)c1)c1cc(Br)cs1. The first-order chi connectivity index (χ1) is 7.65. The number of hydrogen-bond acceptors (Lipinski definition) is 2. The van der Waals surface area contributed by atoms with Gasteiger partial charge in [0, 0.05) is 21.3 Å². The number of Topliss-reactive ketones (excluding diaryl/α,β-unsaturated/α-hetero) is 1. The van der Waals surface area contributed by atoms with Crippen molar-refractivity contribution in [2.45, 2.75) is 6.42 Å². The Bertz CT molecular complexity index is 521. The Morgan fingerprint density at radius 3 is 2.81 bits per heavy atom. The number of halogens is 2. The zero-order valence-electron chi connectivity index (χ0n) is 8.24. The minimum atomic E-state index is 0.123. The summed E-state index contributed by atoms with van der Waals surface area (Å²) < 4.78 is 0.951. The molecule has 0 unspecified atom stereocenters. The molecule has 0 radical (unpaired) electrons. The van der Waals surface area contributed by atoms with E-state index in [4.69, 9.17) is 11.6 Å². The molecule has 0 aliphatic rings. The van der Waals surface area contributed by atoms with Crippen LogP contribution in [0.3, 0.4) is 0 Å². The molecule has 0 spiro atoms. The Hall–Kier alpha value is -0.640. The van der Waals surface area contributed by atoms with Gasteiger partial charge in [0.05, 0.1) is 4.88 Å². The quantitative estimate of drug-likeness (QED) is 0.757. The topological polar surface area (TPSA) is 17.1 Å². The molecule has 1 aromatic heterocycles. The first-order valence-corrected chi connectivity index (χ1v) is 6.72. The van der Waals surface area contributed by atoms with Gasteiger partial charge in [-0.3, -0.25) is 4.79 Å². The second-order valence-electron chi connectivity index (χ2n) is 3.36. The van der Waals surface area contributed by atoms with Crippen LogP contribution in [0.4, 0.5) is 0 Å². The number of thiophene rings is 1. The first kappa shape index (κ1) is 11.8. The van der Waals surface area contributed by atoms with E-state index in [-0.39, 0.29) is 5.78 Å². The predicted octanol–water partition coefficient (Wildman–Crippen LogP) is 4.59. The number of ketones is 1. The lowest BCUT2D eigenvalue weighted by Gasteiger charge is -1.99. The van der Waals surface area contributed by atoms with Crippen LogP contribution < -0.4 is 0 Å². The van der Waals surface area contributed by atoms with E-state index in [1.54, 1.807) is 6.07 Å². The van der Waals surface area contributed by atoms with E-state index in [1.807, 2.05) is 29.6 Å². The third-order valence-corrected chi connectivity index (χ3v) is 4.06. The number of carbonyl (C=O) groups is 1. The molecule has 4 heteroatoms. The average molecular weight is 316 g/mol. The molecule has 0 aliphatic heterocycles. The Balaban J connectivity index is 2.13. The summed E-state index contributed by atoms with van der Waals surface area (Å²) in [6.45, 7) is 0. The Morgan fingerprint density at radius 2 is 2.19 bits per heavy atom. The van der Waals surface area contributed by atoms with Gasteiger partial charge in [0.15, 0.2) is 5.78 Å². The van der Waals surface area contributed by atoms with E-state index in [0.717, 1.165) is 14.9 Å². The van der Waals surface area contributed by atoms with Gasteiger partial charge in [-0.05, 0) is 39.7 Å². The number of carbonyl (C=O) groups excluding carboxylic acids is 1. The van der Waals surface area contributed by atoms with Crippen molar-refractivity contribution >= 4 is 44.7 Å². The van der Waals surface area contributed by atoms with Crippen LogP contribution in [0, 0.1) is 0 Å². The summed E-state index contributed by atoms with van der Waals surface area (Å²) >= 11 is 10.6. The molecule has 82 valence electrons. The molecule has 0 saturated carbocycles. The largest absolute Gasteiger partial charge is 0.293 e. The second-order valence-corrected chi connectivity index (χ2v) is 5.62. The molecule has 0 bridgehead atoms. The van der Waals surface area contributed by atoms with Crippen LogP contribution in [0.2, 0.25) is 5.02 Å². The van der Waals surface area contributed by atoms with Gasteiger partial charge in [0.1, 0.15) is 0 Å². The van der Waals surface area contributed by atoms with Crippen molar-refractivity contribution in [3.63, 3.8) is 0 Å². The molecule has 0 N–H and O–H groups in total. The lowest BCUT2D eigenvalue weighted by Crippen LogP contribution is -2.00. The Morgan fingerprint density at radius 1 is 1.38 bits per heavy atom. The van der Waals surface area contributed by atoms with Gasteiger partial charge >= 0.3 is 0 Å². The summed E-state index contributed by atoms with van der Waals surface area (Å²) in [4.78, 5) is 12.7. The maximum Gasteiger partial charge on any atom is 0.177 e. The molecule has 2 aromatic rings. The average Bonchev–Trinajstić information content (AvgIpc) is 2.65. The lowest BCUT2D eigenvalue weighted by molar-refractivity contribution is 0.0997. The molecule has 1 nitrogen and oxygen atoms in total. The summed E-state index contributed by atoms with van der Waals surface area (Å²) in [7, 11) is 0. The smallest absolute Gasteiger partial charge is 0.177 e. The van der Waals surface area contributed by atoms with Crippen molar-refractivity contribution in [3.05, 3.63) is 55.6 Å². The molecule has 0 fully saturated rings. The monoisotopic (exact) mass is 314 g/mol. The molecule has 0 atom stereocenters. The van der Waals surface area contributed by atoms with Crippen LogP contribution in [-0.2, 0) is 6.42 Å². The minimum absolute atomic E-state index is 0.123. The highest BCUT2D eigenvalue weighted by atomic mass is 79.9. The van der Waals surface area contributed by atoms with Crippen molar-refractivity contribution < 1.29 is 4.79 Å². The van der Waals surface area contributed by atoms with Gasteiger partial charge in [-0.2, -0.15) is 0 Å². The zero-order chi connectivity index (χ0) is 11.5. The fourth-order valence-corrected chi connectivity index (χ4v) is 2.96. The molecule has 16 heavy (non-hydrogen) atoms. The molecular formula is C12H8BrClOS. The summed E-state index contributed by atoms with van der Waals surface area (Å²) in [6.07, 6.45) is 0.396. The summed E-state index contributed by atoms with van der Waals surface area (Å²) in [5.41, 5.74) is 0.946. The van der Waals surface area contributed by atoms with Gasteiger partial charge in [-0.25, -0.2) is 0 Å². The summed E-state index contributed by atoms with van der Waals surface area (Å²) in [5.74, 6) is 0.123. The molecule has 1 aromatic carbocycles. The maximum absolute atomic E-state index is 11.9. The van der Waals surface area contributed by atoms with Gasteiger partial charge in [-0.15, -0.1) is 11.3 Å². The van der Waals surface area contributed by atoms with Crippen LogP contribution in [0.5, 0.6) is 0 Å². The van der Waals surface area contributed by atoms with E-state index in [1.165, 1.54) is 11.3 Å². The van der Waals surface area contributed by atoms with E-state index in [0.29, 0.717) is 11.4 Å². The lowest BCUT2D eigenvalue weighted by atomic mass is 10.1. The zero-order valence-corrected chi connectivity index (χ0v) is 11.4. The van der Waals surface area contributed by atoms with Crippen LogP contribution in [-0.4, -0.2) is 5.78 Å². The van der Waals surface area contributed by atoms with Crippen molar-refractivity contribution in [1.29, 1.82) is 0 Å². The predicted molar refractivity (Wildman–Crippen MR) is 71.5 cm³/mol. The van der Waals surface area contributed by atoms with Crippen molar-refractivity contribution in [2.24, 2.45) is 0 Å². The van der Waals surface area contributed by atoms with Crippen LogP contribution in [0.25, 0.3) is 0 Å². The minimum Gasteiger partial charge on any atom is -0.293 e. The molecular weight excluding hydrogens is 308 g/mol. The van der Waals surface area contributed by atoms with E-state index in [9.17, 15) is 4.79 Å². The van der Waals surface area contributed by atoms with Crippen molar-refractivity contribution in [2.75, 3.05) is 0 Å². The fourth-order valence-electron chi connectivity index (χ4n) is 1.38. The molecule has 0 saturated heterocycles. The van der Waals surface area contributed by atoms with Crippen molar-refractivity contribution in [1.82, 2.24) is 0 Å².